The van der Waals surface area contributed by atoms with Crippen molar-refractivity contribution < 1.29 is 9.53 Å². The fraction of sp³-hybridized carbons (Fsp3) is 0.435. The number of para-hydroxylation sites is 1. The summed E-state index contributed by atoms with van der Waals surface area (Å²) in [5, 5.41) is 6.43. The lowest BCUT2D eigenvalue weighted by Gasteiger charge is -2.29. The van der Waals surface area contributed by atoms with E-state index in [0.717, 1.165) is 49.8 Å². The van der Waals surface area contributed by atoms with Gasteiger partial charge in [-0.15, -0.1) is 0 Å². The molecule has 2 N–H and O–H groups in total. The molecule has 2 unspecified atom stereocenters. The van der Waals surface area contributed by atoms with Crippen molar-refractivity contribution in [1.82, 2.24) is 0 Å². The van der Waals surface area contributed by atoms with Gasteiger partial charge in [-0.2, -0.15) is 0 Å². The van der Waals surface area contributed by atoms with Gasteiger partial charge in [-0.3, -0.25) is 4.79 Å². The zero-order valence-electron chi connectivity index (χ0n) is 17.1. The molecule has 2 atom stereocenters. The molecule has 5 heteroatoms. The van der Waals surface area contributed by atoms with Gasteiger partial charge in [-0.05, 0) is 49.1 Å². The molecular weight excluding hydrogens is 350 g/mol. The number of carbonyl (C=O) groups is 1. The van der Waals surface area contributed by atoms with E-state index in [0.29, 0.717) is 5.92 Å². The first kappa shape index (κ1) is 20.2. The van der Waals surface area contributed by atoms with Gasteiger partial charge in [0.2, 0.25) is 5.91 Å². The Bertz CT molecular complexity index is 787. The lowest BCUT2D eigenvalue weighted by molar-refractivity contribution is -0.116. The minimum atomic E-state index is -0.343. The van der Waals surface area contributed by atoms with Crippen LogP contribution in [0.4, 0.5) is 17.1 Å². The molecule has 1 fully saturated rings. The molecule has 150 valence electrons. The predicted octanol–water partition coefficient (Wildman–Crippen LogP) is 4.48. The predicted molar refractivity (Wildman–Crippen MR) is 116 cm³/mol. The lowest BCUT2D eigenvalue weighted by atomic mass is 9.97. The molecule has 28 heavy (non-hydrogen) atoms. The highest BCUT2D eigenvalue weighted by Gasteiger charge is 2.17. The third kappa shape index (κ3) is 5.04. The molecule has 1 aliphatic heterocycles. The van der Waals surface area contributed by atoms with Gasteiger partial charge < -0.3 is 20.3 Å². The van der Waals surface area contributed by atoms with Crippen LogP contribution in [-0.2, 0) is 9.53 Å². The molecular formula is C23H31N3O2. The van der Waals surface area contributed by atoms with Crippen LogP contribution in [0.15, 0.2) is 48.5 Å². The second-order valence-corrected chi connectivity index (χ2v) is 7.40. The number of nitrogens with one attached hydrogen (secondary N) is 2. The van der Waals surface area contributed by atoms with E-state index in [2.05, 4.69) is 47.6 Å². The average Bonchev–Trinajstić information content (AvgIpc) is 2.74. The molecule has 0 spiro atoms. The summed E-state index contributed by atoms with van der Waals surface area (Å²) in [6.45, 7) is 9.54. The highest BCUT2D eigenvalue weighted by Crippen LogP contribution is 2.27. The number of benzene rings is 2. The molecule has 5 nitrogen and oxygen atoms in total. The summed E-state index contributed by atoms with van der Waals surface area (Å²) < 4.78 is 5.43. The third-order valence-corrected chi connectivity index (χ3v) is 5.36. The third-order valence-electron chi connectivity index (χ3n) is 5.36. The van der Waals surface area contributed by atoms with Crippen LogP contribution in [0.5, 0.6) is 0 Å². The zero-order chi connectivity index (χ0) is 19.9. The van der Waals surface area contributed by atoms with Gasteiger partial charge in [-0.1, -0.05) is 38.1 Å². The molecule has 2 aromatic carbocycles. The largest absolute Gasteiger partial charge is 0.378 e. The number of morpholine rings is 1. The summed E-state index contributed by atoms with van der Waals surface area (Å²) in [6, 6.07) is 15.9. The van der Waals surface area contributed by atoms with Crippen molar-refractivity contribution in [1.29, 1.82) is 0 Å². The van der Waals surface area contributed by atoms with Crippen molar-refractivity contribution in [2.45, 2.75) is 39.2 Å². The van der Waals surface area contributed by atoms with Crippen molar-refractivity contribution in [3.05, 3.63) is 54.1 Å². The minimum Gasteiger partial charge on any atom is -0.378 e. The molecule has 1 heterocycles. The molecule has 1 amide bonds. The summed E-state index contributed by atoms with van der Waals surface area (Å²) in [5.41, 5.74) is 4.18. The van der Waals surface area contributed by atoms with Gasteiger partial charge in [-0.25, -0.2) is 0 Å². The minimum absolute atomic E-state index is 0.0347. The highest BCUT2D eigenvalue weighted by molar-refractivity contribution is 5.97. The quantitative estimate of drug-likeness (QED) is 0.743. The van der Waals surface area contributed by atoms with Crippen LogP contribution >= 0.6 is 0 Å². The van der Waals surface area contributed by atoms with Crippen molar-refractivity contribution in [3.8, 4) is 0 Å². The number of hydrogen-bond acceptors (Lipinski definition) is 4. The Balaban J connectivity index is 1.65. The van der Waals surface area contributed by atoms with Gasteiger partial charge in [0, 0.05) is 30.2 Å². The maximum absolute atomic E-state index is 12.8. The van der Waals surface area contributed by atoms with Crippen LogP contribution < -0.4 is 15.5 Å². The van der Waals surface area contributed by atoms with Gasteiger partial charge in [0.15, 0.2) is 0 Å². The number of anilines is 3. The van der Waals surface area contributed by atoms with Crippen LogP contribution in [0, 0.1) is 0 Å². The van der Waals surface area contributed by atoms with E-state index < -0.39 is 0 Å². The maximum Gasteiger partial charge on any atom is 0.246 e. The van der Waals surface area contributed by atoms with Crippen molar-refractivity contribution in [2.24, 2.45) is 0 Å². The van der Waals surface area contributed by atoms with Gasteiger partial charge in [0.05, 0.1) is 13.2 Å². The van der Waals surface area contributed by atoms with Gasteiger partial charge in [0.25, 0.3) is 0 Å². The Labute approximate surface area is 168 Å². The summed E-state index contributed by atoms with van der Waals surface area (Å²) in [6.07, 6.45) is 1.04. The van der Waals surface area contributed by atoms with Crippen molar-refractivity contribution in [2.75, 3.05) is 41.8 Å². The van der Waals surface area contributed by atoms with Crippen LogP contribution in [0.2, 0.25) is 0 Å². The number of rotatable bonds is 7. The van der Waals surface area contributed by atoms with Crippen LogP contribution in [0.3, 0.4) is 0 Å². The number of hydrogen-bond donors (Lipinski definition) is 2. The highest BCUT2D eigenvalue weighted by atomic mass is 16.5. The van der Waals surface area contributed by atoms with Gasteiger partial charge >= 0.3 is 0 Å². The summed E-state index contributed by atoms with van der Waals surface area (Å²) in [7, 11) is 0. The van der Waals surface area contributed by atoms with E-state index in [1.165, 1.54) is 5.56 Å². The average molecular weight is 382 g/mol. The van der Waals surface area contributed by atoms with E-state index in [9.17, 15) is 4.79 Å². The monoisotopic (exact) mass is 381 g/mol. The number of carbonyl (C=O) groups excluding carboxylic acids is 1. The fourth-order valence-electron chi connectivity index (χ4n) is 3.43. The normalized spacial score (nSPS) is 16.3. The Morgan fingerprint density at radius 1 is 1.11 bits per heavy atom. The standard InChI is InChI=1S/C23H31N3O2/c1-4-17(2)21-10-5-6-11-22(21)25-23(27)18(3)24-19-8-7-9-20(16-19)26-12-14-28-15-13-26/h5-11,16-18,24H,4,12-15H2,1-3H3,(H,25,27). The van der Waals surface area contributed by atoms with Crippen LogP contribution in [-0.4, -0.2) is 38.3 Å². The molecule has 1 aliphatic rings. The molecule has 1 saturated heterocycles. The molecule has 0 saturated carbocycles. The fourth-order valence-corrected chi connectivity index (χ4v) is 3.43. The molecule has 0 bridgehead atoms. The van der Waals surface area contributed by atoms with E-state index >= 15 is 0 Å². The topological polar surface area (TPSA) is 53.6 Å². The molecule has 0 aliphatic carbocycles. The van der Waals surface area contributed by atoms with Crippen molar-refractivity contribution >= 4 is 23.0 Å². The zero-order valence-corrected chi connectivity index (χ0v) is 17.1. The second-order valence-electron chi connectivity index (χ2n) is 7.40. The first-order chi connectivity index (χ1) is 13.6. The first-order valence-electron chi connectivity index (χ1n) is 10.2. The Kier molecular flexibility index (Phi) is 6.93. The summed E-state index contributed by atoms with van der Waals surface area (Å²) >= 11 is 0. The summed E-state index contributed by atoms with van der Waals surface area (Å²) in [4.78, 5) is 15.1. The van der Waals surface area contributed by atoms with Gasteiger partial charge in [0.1, 0.15) is 6.04 Å². The van der Waals surface area contributed by atoms with Crippen molar-refractivity contribution in [3.63, 3.8) is 0 Å². The van der Waals surface area contributed by atoms with Crippen LogP contribution in [0.25, 0.3) is 0 Å². The molecule has 2 aromatic rings. The Morgan fingerprint density at radius 3 is 2.61 bits per heavy atom. The summed E-state index contributed by atoms with van der Waals surface area (Å²) in [5.74, 6) is 0.373. The van der Waals surface area contributed by atoms with E-state index in [1.807, 2.05) is 37.3 Å². The Hall–Kier alpha value is -2.53. The van der Waals surface area contributed by atoms with E-state index in [1.54, 1.807) is 0 Å². The van der Waals surface area contributed by atoms with Crippen LogP contribution in [0.1, 0.15) is 38.7 Å². The molecule has 0 radical (unpaired) electrons. The first-order valence-corrected chi connectivity index (χ1v) is 10.2. The lowest BCUT2D eigenvalue weighted by Crippen LogP contribution is -2.36. The van der Waals surface area contributed by atoms with E-state index in [4.69, 9.17) is 4.74 Å². The number of nitrogens with zero attached hydrogens (tertiary/aromatic N) is 1. The molecule has 3 rings (SSSR count). The second kappa shape index (κ2) is 9.60. The maximum atomic E-state index is 12.8. The smallest absolute Gasteiger partial charge is 0.246 e. The van der Waals surface area contributed by atoms with E-state index in [-0.39, 0.29) is 11.9 Å². The molecule has 0 aromatic heterocycles. The number of amides is 1. The Morgan fingerprint density at radius 2 is 1.86 bits per heavy atom. The number of ether oxygens (including phenoxy) is 1. The SMILES string of the molecule is CCC(C)c1ccccc1NC(=O)C(C)Nc1cccc(N2CCOCC2)c1.